The second-order valence-electron chi connectivity index (χ2n) is 5.00. The van der Waals surface area contributed by atoms with E-state index in [0.717, 1.165) is 13.0 Å². The van der Waals surface area contributed by atoms with Gasteiger partial charge in [0.2, 0.25) is 0 Å². The summed E-state index contributed by atoms with van der Waals surface area (Å²) in [7, 11) is 2.00. The Labute approximate surface area is 83.6 Å². The molecule has 1 N–H and O–H groups in total. The standard InChI is InChI=1S/C12H25N/c1-11(7-6-10-13-5)8-9-12(2,3)4/h7,13H,6,8-10H2,1-5H3. The predicted molar refractivity (Wildman–Crippen MR) is 61.0 cm³/mol. The summed E-state index contributed by atoms with van der Waals surface area (Å²) >= 11 is 0. The van der Waals surface area contributed by atoms with Gasteiger partial charge in [-0.3, -0.25) is 0 Å². The summed E-state index contributed by atoms with van der Waals surface area (Å²) < 4.78 is 0. The van der Waals surface area contributed by atoms with Crippen molar-refractivity contribution in [3.05, 3.63) is 11.6 Å². The lowest BCUT2D eigenvalue weighted by atomic mass is 9.89. The van der Waals surface area contributed by atoms with E-state index in [-0.39, 0.29) is 0 Å². The van der Waals surface area contributed by atoms with Gasteiger partial charge in [-0.2, -0.15) is 0 Å². The first kappa shape index (κ1) is 12.7. The van der Waals surface area contributed by atoms with Gasteiger partial charge >= 0.3 is 0 Å². The molecule has 0 unspecified atom stereocenters. The minimum absolute atomic E-state index is 0.470. The second-order valence-corrected chi connectivity index (χ2v) is 5.00. The van der Waals surface area contributed by atoms with Gasteiger partial charge in [-0.25, -0.2) is 0 Å². The van der Waals surface area contributed by atoms with Crippen molar-refractivity contribution in [2.75, 3.05) is 13.6 Å². The zero-order valence-electron chi connectivity index (χ0n) is 9.91. The lowest BCUT2D eigenvalue weighted by Crippen LogP contribution is -2.07. The SMILES string of the molecule is CNCCC=C(C)CCC(C)(C)C. The van der Waals surface area contributed by atoms with E-state index in [1.807, 2.05) is 7.05 Å². The zero-order chi connectivity index (χ0) is 10.3. The van der Waals surface area contributed by atoms with Crippen molar-refractivity contribution in [1.82, 2.24) is 5.32 Å². The largest absolute Gasteiger partial charge is 0.319 e. The summed E-state index contributed by atoms with van der Waals surface area (Å²) in [6.07, 6.45) is 6.04. The van der Waals surface area contributed by atoms with Crippen LogP contribution in [0.5, 0.6) is 0 Å². The summed E-state index contributed by atoms with van der Waals surface area (Å²) in [4.78, 5) is 0. The molecular weight excluding hydrogens is 158 g/mol. The first-order valence-corrected chi connectivity index (χ1v) is 5.26. The Morgan fingerprint density at radius 3 is 2.38 bits per heavy atom. The Morgan fingerprint density at radius 1 is 1.31 bits per heavy atom. The van der Waals surface area contributed by atoms with E-state index >= 15 is 0 Å². The van der Waals surface area contributed by atoms with Gasteiger partial charge in [0, 0.05) is 0 Å². The highest BCUT2D eigenvalue weighted by Crippen LogP contribution is 2.23. The van der Waals surface area contributed by atoms with Gasteiger partial charge in [0.15, 0.2) is 0 Å². The van der Waals surface area contributed by atoms with Crippen LogP contribution < -0.4 is 5.32 Å². The fourth-order valence-corrected chi connectivity index (χ4v) is 1.14. The number of hydrogen-bond donors (Lipinski definition) is 1. The average Bonchev–Trinajstić information content (AvgIpc) is 2.00. The van der Waals surface area contributed by atoms with Crippen LogP contribution in [0.25, 0.3) is 0 Å². The maximum absolute atomic E-state index is 3.15. The van der Waals surface area contributed by atoms with Gasteiger partial charge in [0.1, 0.15) is 0 Å². The van der Waals surface area contributed by atoms with Crippen LogP contribution in [0.1, 0.15) is 47.0 Å². The van der Waals surface area contributed by atoms with Crippen LogP contribution in [0.3, 0.4) is 0 Å². The molecule has 1 heteroatoms. The highest BCUT2D eigenvalue weighted by molar-refractivity contribution is 4.98. The third kappa shape index (κ3) is 9.62. The van der Waals surface area contributed by atoms with Gasteiger partial charge in [-0.1, -0.05) is 32.4 Å². The Kier molecular flexibility index (Phi) is 6.06. The molecule has 0 aromatic heterocycles. The first-order valence-electron chi connectivity index (χ1n) is 5.26. The van der Waals surface area contributed by atoms with Crippen molar-refractivity contribution in [3.8, 4) is 0 Å². The third-order valence-corrected chi connectivity index (χ3v) is 2.16. The average molecular weight is 183 g/mol. The monoisotopic (exact) mass is 183 g/mol. The Balaban J connectivity index is 3.61. The Bertz CT molecular complexity index is 151. The fourth-order valence-electron chi connectivity index (χ4n) is 1.14. The summed E-state index contributed by atoms with van der Waals surface area (Å²) in [6, 6.07) is 0. The molecule has 0 aromatic carbocycles. The Morgan fingerprint density at radius 2 is 1.92 bits per heavy atom. The van der Waals surface area contributed by atoms with Gasteiger partial charge in [0.05, 0.1) is 0 Å². The van der Waals surface area contributed by atoms with E-state index in [1.165, 1.54) is 18.4 Å². The zero-order valence-corrected chi connectivity index (χ0v) is 9.91. The smallest absolute Gasteiger partial charge is 0.00172 e. The maximum Gasteiger partial charge on any atom is -0.00172 e. The molecule has 78 valence electrons. The highest BCUT2D eigenvalue weighted by Gasteiger charge is 2.09. The molecular formula is C12H25N. The minimum Gasteiger partial charge on any atom is -0.319 e. The number of nitrogens with one attached hydrogen (secondary N) is 1. The molecule has 0 saturated carbocycles. The van der Waals surface area contributed by atoms with Crippen molar-refractivity contribution < 1.29 is 0 Å². The molecule has 0 rings (SSSR count). The van der Waals surface area contributed by atoms with Crippen LogP contribution in [-0.2, 0) is 0 Å². The molecule has 0 spiro atoms. The number of allylic oxidation sites excluding steroid dienone is 1. The quantitative estimate of drug-likeness (QED) is 0.509. The van der Waals surface area contributed by atoms with E-state index in [0.29, 0.717) is 5.41 Å². The maximum atomic E-state index is 3.15. The molecule has 0 radical (unpaired) electrons. The molecule has 13 heavy (non-hydrogen) atoms. The molecule has 1 nitrogen and oxygen atoms in total. The molecule has 0 atom stereocenters. The van der Waals surface area contributed by atoms with Gasteiger partial charge in [-0.15, -0.1) is 0 Å². The second kappa shape index (κ2) is 6.20. The van der Waals surface area contributed by atoms with Crippen LogP contribution in [-0.4, -0.2) is 13.6 Å². The van der Waals surface area contributed by atoms with Crippen LogP contribution in [0.15, 0.2) is 11.6 Å². The van der Waals surface area contributed by atoms with Crippen LogP contribution in [0.2, 0.25) is 0 Å². The Hall–Kier alpha value is -0.300. The van der Waals surface area contributed by atoms with Crippen LogP contribution >= 0.6 is 0 Å². The molecule has 0 saturated heterocycles. The van der Waals surface area contributed by atoms with E-state index in [1.54, 1.807) is 0 Å². The molecule has 0 bridgehead atoms. The fraction of sp³-hybridized carbons (Fsp3) is 0.833. The van der Waals surface area contributed by atoms with Crippen molar-refractivity contribution in [3.63, 3.8) is 0 Å². The topological polar surface area (TPSA) is 12.0 Å². The first-order chi connectivity index (χ1) is 5.95. The highest BCUT2D eigenvalue weighted by atomic mass is 14.8. The predicted octanol–water partition coefficient (Wildman–Crippen LogP) is 3.37. The molecule has 0 heterocycles. The summed E-state index contributed by atoms with van der Waals surface area (Å²) in [5.74, 6) is 0. The summed E-state index contributed by atoms with van der Waals surface area (Å²) in [6.45, 7) is 10.2. The lowest BCUT2D eigenvalue weighted by molar-refractivity contribution is 0.377. The number of rotatable bonds is 5. The molecule has 0 aliphatic rings. The van der Waals surface area contributed by atoms with Gasteiger partial charge in [-0.05, 0) is 45.2 Å². The van der Waals surface area contributed by atoms with E-state index in [9.17, 15) is 0 Å². The molecule has 0 amide bonds. The van der Waals surface area contributed by atoms with Gasteiger partial charge < -0.3 is 5.32 Å². The molecule has 0 fully saturated rings. The summed E-state index contributed by atoms with van der Waals surface area (Å²) in [5.41, 5.74) is 2.00. The minimum atomic E-state index is 0.470. The van der Waals surface area contributed by atoms with Crippen molar-refractivity contribution in [2.24, 2.45) is 5.41 Å². The van der Waals surface area contributed by atoms with E-state index < -0.39 is 0 Å². The third-order valence-electron chi connectivity index (χ3n) is 2.16. The van der Waals surface area contributed by atoms with E-state index in [2.05, 4.69) is 39.1 Å². The van der Waals surface area contributed by atoms with Crippen LogP contribution in [0.4, 0.5) is 0 Å². The van der Waals surface area contributed by atoms with Gasteiger partial charge in [0.25, 0.3) is 0 Å². The molecule has 0 aliphatic carbocycles. The normalized spacial score (nSPS) is 13.5. The van der Waals surface area contributed by atoms with Crippen molar-refractivity contribution >= 4 is 0 Å². The van der Waals surface area contributed by atoms with Crippen molar-refractivity contribution in [2.45, 2.75) is 47.0 Å². The van der Waals surface area contributed by atoms with Crippen LogP contribution in [0, 0.1) is 5.41 Å². The lowest BCUT2D eigenvalue weighted by Gasteiger charge is -2.17. The number of hydrogen-bond acceptors (Lipinski definition) is 1. The van der Waals surface area contributed by atoms with Crippen molar-refractivity contribution in [1.29, 1.82) is 0 Å². The molecule has 0 aliphatic heterocycles. The summed E-state index contributed by atoms with van der Waals surface area (Å²) in [5, 5.41) is 3.15. The molecule has 0 aromatic rings. The van der Waals surface area contributed by atoms with E-state index in [4.69, 9.17) is 0 Å².